The maximum absolute atomic E-state index is 5.47. The highest BCUT2D eigenvalue weighted by molar-refractivity contribution is 4.87. The standard InChI is InChI=1S/C10H18O/c1-9-2-4-10(5-3-9)6-7-11-8-10/h9H,2-8H2,1H3. The molecule has 0 radical (unpaired) electrons. The molecule has 1 aliphatic heterocycles. The van der Waals surface area contributed by atoms with Gasteiger partial charge in [0.25, 0.3) is 0 Å². The van der Waals surface area contributed by atoms with Crippen LogP contribution in [0.25, 0.3) is 0 Å². The van der Waals surface area contributed by atoms with Gasteiger partial charge in [0.15, 0.2) is 0 Å². The van der Waals surface area contributed by atoms with Crippen molar-refractivity contribution in [2.75, 3.05) is 13.2 Å². The first-order chi connectivity index (χ1) is 5.31. The lowest BCUT2D eigenvalue weighted by Crippen LogP contribution is -2.26. The van der Waals surface area contributed by atoms with Gasteiger partial charge in [-0.2, -0.15) is 0 Å². The maximum atomic E-state index is 5.47. The van der Waals surface area contributed by atoms with Crippen LogP contribution in [0.4, 0.5) is 0 Å². The highest BCUT2D eigenvalue weighted by Gasteiger charge is 2.37. The summed E-state index contributed by atoms with van der Waals surface area (Å²) in [6, 6.07) is 0. The van der Waals surface area contributed by atoms with Gasteiger partial charge in [-0.05, 0) is 30.6 Å². The quantitative estimate of drug-likeness (QED) is 0.521. The summed E-state index contributed by atoms with van der Waals surface area (Å²) in [6.45, 7) is 4.46. The van der Waals surface area contributed by atoms with Crippen LogP contribution in [0.15, 0.2) is 0 Å². The average Bonchev–Trinajstić information content (AvgIpc) is 2.45. The molecule has 1 aliphatic carbocycles. The first-order valence-electron chi connectivity index (χ1n) is 4.89. The van der Waals surface area contributed by atoms with Crippen molar-refractivity contribution in [3.8, 4) is 0 Å². The van der Waals surface area contributed by atoms with Crippen molar-refractivity contribution in [3.63, 3.8) is 0 Å². The predicted octanol–water partition coefficient (Wildman–Crippen LogP) is 2.60. The van der Waals surface area contributed by atoms with Crippen molar-refractivity contribution in [1.82, 2.24) is 0 Å². The zero-order chi connectivity index (χ0) is 7.73. The van der Waals surface area contributed by atoms with Crippen LogP contribution in [0.5, 0.6) is 0 Å². The van der Waals surface area contributed by atoms with E-state index in [2.05, 4.69) is 6.92 Å². The van der Waals surface area contributed by atoms with Gasteiger partial charge in [-0.25, -0.2) is 0 Å². The molecular weight excluding hydrogens is 136 g/mol. The SMILES string of the molecule is CC1CCC2(CCOC2)CC1. The van der Waals surface area contributed by atoms with Crippen molar-refractivity contribution in [2.24, 2.45) is 11.3 Å². The highest BCUT2D eigenvalue weighted by atomic mass is 16.5. The lowest BCUT2D eigenvalue weighted by molar-refractivity contribution is 0.109. The fraction of sp³-hybridized carbons (Fsp3) is 1.00. The number of ether oxygens (including phenoxy) is 1. The molecule has 11 heavy (non-hydrogen) atoms. The van der Waals surface area contributed by atoms with E-state index in [0.717, 1.165) is 19.1 Å². The van der Waals surface area contributed by atoms with Crippen molar-refractivity contribution in [1.29, 1.82) is 0 Å². The van der Waals surface area contributed by atoms with Gasteiger partial charge >= 0.3 is 0 Å². The van der Waals surface area contributed by atoms with Crippen LogP contribution >= 0.6 is 0 Å². The molecule has 0 unspecified atom stereocenters. The summed E-state index contributed by atoms with van der Waals surface area (Å²) in [5.74, 6) is 0.973. The van der Waals surface area contributed by atoms with E-state index >= 15 is 0 Å². The molecule has 2 fully saturated rings. The Labute approximate surface area is 69.1 Å². The first-order valence-corrected chi connectivity index (χ1v) is 4.89. The van der Waals surface area contributed by atoms with Crippen LogP contribution in [-0.4, -0.2) is 13.2 Å². The topological polar surface area (TPSA) is 9.23 Å². The summed E-state index contributed by atoms with van der Waals surface area (Å²) in [7, 11) is 0. The van der Waals surface area contributed by atoms with Crippen molar-refractivity contribution in [2.45, 2.75) is 39.0 Å². The van der Waals surface area contributed by atoms with Crippen molar-refractivity contribution < 1.29 is 4.74 Å². The lowest BCUT2D eigenvalue weighted by atomic mass is 9.71. The van der Waals surface area contributed by atoms with Crippen LogP contribution < -0.4 is 0 Å². The second-order valence-corrected chi connectivity index (χ2v) is 4.49. The molecule has 2 aliphatic rings. The third kappa shape index (κ3) is 1.44. The molecule has 1 heteroatoms. The summed E-state index contributed by atoms with van der Waals surface area (Å²) >= 11 is 0. The molecule has 0 atom stereocenters. The third-order valence-electron chi connectivity index (χ3n) is 3.52. The summed E-state index contributed by atoms with van der Waals surface area (Å²) in [4.78, 5) is 0. The van der Waals surface area contributed by atoms with Crippen molar-refractivity contribution >= 4 is 0 Å². The normalized spacial score (nSPS) is 45.0. The molecule has 0 aromatic rings. The summed E-state index contributed by atoms with van der Waals surface area (Å²) in [5, 5.41) is 0. The van der Waals surface area contributed by atoms with Gasteiger partial charge in [-0.15, -0.1) is 0 Å². The zero-order valence-electron chi connectivity index (χ0n) is 7.44. The average molecular weight is 154 g/mol. The number of hydrogen-bond donors (Lipinski definition) is 0. The number of rotatable bonds is 0. The van der Waals surface area contributed by atoms with Crippen LogP contribution in [0.2, 0.25) is 0 Å². The van der Waals surface area contributed by atoms with Crippen LogP contribution in [-0.2, 0) is 4.74 Å². The number of hydrogen-bond acceptors (Lipinski definition) is 1. The van der Waals surface area contributed by atoms with Gasteiger partial charge < -0.3 is 4.74 Å². The molecule has 1 saturated carbocycles. The summed E-state index contributed by atoms with van der Waals surface area (Å²) in [5.41, 5.74) is 0.631. The Balaban J connectivity index is 1.94. The Morgan fingerprint density at radius 2 is 1.91 bits per heavy atom. The largest absolute Gasteiger partial charge is 0.381 e. The van der Waals surface area contributed by atoms with E-state index in [1.54, 1.807) is 0 Å². The van der Waals surface area contributed by atoms with Gasteiger partial charge in [0, 0.05) is 6.61 Å². The van der Waals surface area contributed by atoms with E-state index in [-0.39, 0.29) is 0 Å². The highest BCUT2D eigenvalue weighted by Crippen LogP contribution is 2.44. The molecule has 2 rings (SSSR count). The van der Waals surface area contributed by atoms with E-state index < -0.39 is 0 Å². The minimum atomic E-state index is 0.631. The second kappa shape index (κ2) is 2.78. The van der Waals surface area contributed by atoms with Crippen molar-refractivity contribution in [3.05, 3.63) is 0 Å². The molecule has 1 heterocycles. The molecule has 0 aromatic heterocycles. The fourth-order valence-corrected chi connectivity index (χ4v) is 2.42. The lowest BCUT2D eigenvalue weighted by Gasteiger charge is -2.34. The molecule has 0 N–H and O–H groups in total. The third-order valence-corrected chi connectivity index (χ3v) is 3.52. The van der Waals surface area contributed by atoms with Gasteiger partial charge in [-0.1, -0.05) is 19.8 Å². The molecule has 1 nitrogen and oxygen atoms in total. The minimum absolute atomic E-state index is 0.631. The molecule has 1 spiro atoms. The second-order valence-electron chi connectivity index (χ2n) is 4.49. The van der Waals surface area contributed by atoms with Gasteiger partial charge in [0.2, 0.25) is 0 Å². The van der Waals surface area contributed by atoms with Gasteiger partial charge in [0.05, 0.1) is 6.61 Å². The predicted molar refractivity (Wildman–Crippen MR) is 45.5 cm³/mol. The van der Waals surface area contributed by atoms with Crippen LogP contribution in [0.3, 0.4) is 0 Å². The van der Waals surface area contributed by atoms with E-state index in [0.29, 0.717) is 5.41 Å². The minimum Gasteiger partial charge on any atom is -0.381 e. The molecule has 64 valence electrons. The summed E-state index contributed by atoms with van der Waals surface area (Å²) in [6.07, 6.45) is 7.05. The smallest absolute Gasteiger partial charge is 0.0523 e. The van der Waals surface area contributed by atoms with Gasteiger partial charge in [0.1, 0.15) is 0 Å². The van der Waals surface area contributed by atoms with E-state index in [9.17, 15) is 0 Å². The van der Waals surface area contributed by atoms with E-state index in [1.165, 1.54) is 32.1 Å². The first kappa shape index (κ1) is 7.60. The Kier molecular flexibility index (Phi) is 1.92. The fourth-order valence-electron chi connectivity index (χ4n) is 2.42. The Bertz CT molecular complexity index is 126. The maximum Gasteiger partial charge on any atom is 0.0523 e. The Hall–Kier alpha value is -0.0400. The van der Waals surface area contributed by atoms with E-state index in [4.69, 9.17) is 4.74 Å². The molecule has 1 saturated heterocycles. The molecular formula is C10H18O. The van der Waals surface area contributed by atoms with Crippen LogP contribution in [0.1, 0.15) is 39.0 Å². The molecule has 0 aromatic carbocycles. The Morgan fingerprint density at radius 1 is 1.18 bits per heavy atom. The summed E-state index contributed by atoms with van der Waals surface area (Å²) < 4.78 is 5.47. The van der Waals surface area contributed by atoms with E-state index in [1.807, 2.05) is 0 Å². The molecule has 0 bridgehead atoms. The monoisotopic (exact) mass is 154 g/mol. The Morgan fingerprint density at radius 3 is 2.45 bits per heavy atom. The zero-order valence-corrected chi connectivity index (χ0v) is 7.44. The van der Waals surface area contributed by atoms with Gasteiger partial charge in [-0.3, -0.25) is 0 Å². The van der Waals surface area contributed by atoms with Crippen LogP contribution in [0, 0.1) is 11.3 Å². The molecule has 0 amide bonds.